The van der Waals surface area contributed by atoms with Crippen LogP contribution in [0.5, 0.6) is 0 Å². The molecule has 0 aliphatic carbocycles. The quantitative estimate of drug-likeness (QED) is 0.725. The summed E-state index contributed by atoms with van der Waals surface area (Å²) in [4.78, 5) is 0. The van der Waals surface area contributed by atoms with Crippen LogP contribution in [0, 0.1) is 5.92 Å². The third kappa shape index (κ3) is 3.39. The molecule has 1 aromatic rings. The maximum Gasteiger partial charge on any atom is 0.0867 e. The van der Waals surface area contributed by atoms with Gasteiger partial charge in [0.2, 0.25) is 0 Å². The van der Waals surface area contributed by atoms with E-state index in [1.165, 1.54) is 16.7 Å². The Morgan fingerprint density at radius 1 is 1.21 bits per heavy atom. The van der Waals surface area contributed by atoms with E-state index in [-0.39, 0.29) is 5.41 Å². The molecular formula is C18H28O. The molecule has 1 fully saturated rings. The van der Waals surface area contributed by atoms with E-state index in [9.17, 15) is 0 Å². The largest absolute Gasteiger partial charge is 0.370 e. The predicted octanol–water partition coefficient (Wildman–Crippen LogP) is 4.51. The summed E-state index contributed by atoms with van der Waals surface area (Å²) in [5.41, 5.74) is 4.68. The standard InChI is InChI=1S/C18H28O/c1-7-14-8-9-16(18(4,5)6)11-15(14)10-12(2)17-13(3)19-17/h8-9,11-13,17H,7,10H2,1-6H3. The van der Waals surface area contributed by atoms with Crippen LogP contribution in [0.25, 0.3) is 0 Å². The van der Waals surface area contributed by atoms with Gasteiger partial charge in [-0.05, 0) is 47.8 Å². The zero-order chi connectivity index (χ0) is 14.2. The Balaban J connectivity index is 2.21. The fourth-order valence-corrected chi connectivity index (χ4v) is 2.89. The van der Waals surface area contributed by atoms with E-state index in [0.717, 1.165) is 12.8 Å². The van der Waals surface area contributed by atoms with Gasteiger partial charge in [-0.2, -0.15) is 0 Å². The van der Waals surface area contributed by atoms with Gasteiger partial charge >= 0.3 is 0 Å². The minimum atomic E-state index is 0.230. The zero-order valence-electron chi connectivity index (χ0n) is 13.3. The summed E-state index contributed by atoms with van der Waals surface area (Å²) in [5, 5.41) is 0. The molecule has 19 heavy (non-hydrogen) atoms. The molecule has 1 heteroatoms. The number of ether oxygens (including phenoxy) is 1. The van der Waals surface area contributed by atoms with E-state index in [1.54, 1.807) is 0 Å². The molecular weight excluding hydrogens is 232 g/mol. The van der Waals surface area contributed by atoms with Crippen molar-refractivity contribution in [3.05, 3.63) is 34.9 Å². The molecule has 1 nitrogen and oxygen atoms in total. The molecule has 0 spiro atoms. The van der Waals surface area contributed by atoms with Crippen molar-refractivity contribution < 1.29 is 4.74 Å². The maximum atomic E-state index is 5.62. The molecule has 2 rings (SSSR count). The van der Waals surface area contributed by atoms with Gasteiger partial charge in [0.25, 0.3) is 0 Å². The lowest BCUT2D eigenvalue weighted by atomic mass is 9.83. The molecule has 0 amide bonds. The fraction of sp³-hybridized carbons (Fsp3) is 0.667. The van der Waals surface area contributed by atoms with Crippen molar-refractivity contribution in [2.24, 2.45) is 5.92 Å². The molecule has 0 radical (unpaired) electrons. The number of benzene rings is 1. The van der Waals surface area contributed by atoms with E-state index in [2.05, 4.69) is 59.7 Å². The fourth-order valence-electron chi connectivity index (χ4n) is 2.89. The highest BCUT2D eigenvalue weighted by molar-refractivity contribution is 5.35. The van der Waals surface area contributed by atoms with Gasteiger partial charge in [0.1, 0.15) is 0 Å². The van der Waals surface area contributed by atoms with Crippen molar-refractivity contribution in [2.75, 3.05) is 0 Å². The minimum absolute atomic E-state index is 0.230. The maximum absolute atomic E-state index is 5.62. The van der Waals surface area contributed by atoms with Crippen molar-refractivity contribution >= 4 is 0 Å². The molecule has 3 unspecified atom stereocenters. The number of hydrogen-bond donors (Lipinski definition) is 0. The molecule has 0 aromatic heterocycles. The van der Waals surface area contributed by atoms with Crippen LogP contribution in [-0.2, 0) is 23.0 Å². The van der Waals surface area contributed by atoms with E-state index in [4.69, 9.17) is 4.74 Å². The number of aryl methyl sites for hydroxylation is 1. The topological polar surface area (TPSA) is 12.5 Å². The highest BCUT2D eigenvalue weighted by Crippen LogP contribution is 2.33. The molecule has 1 saturated heterocycles. The van der Waals surface area contributed by atoms with Gasteiger partial charge in [0, 0.05) is 0 Å². The Morgan fingerprint density at radius 2 is 1.84 bits per heavy atom. The molecule has 1 aliphatic rings. The number of hydrogen-bond acceptors (Lipinski definition) is 1. The third-order valence-electron chi connectivity index (χ3n) is 4.31. The molecule has 0 bridgehead atoms. The number of epoxide rings is 1. The van der Waals surface area contributed by atoms with Gasteiger partial charge in [-0.25, -0.2) is 0 Å². The van der Waals surface area contributed by atoms with Gasteiger partial charge in [-0.15, -0.1) is 0 Å². The number of rotatable bonds is 4. The van der Waals surface area contributed by atoms with Gasteiger partial charge in [-0.1, -0.05) is 52.8 Å². The molecule has 1 aliphatic heterocycles. The lowest BCUT2D eigenvalue weighted by Crippen LogP contribution is -2.14. The van der Waals surface area contributed by atoms with Crippen LogP contribution in [0.2, 0.25) is 0 Å². The monoisotopic (exact) mass is 260 g/mol. The highest BCUT2D eigenvalue weighted by atomic mass is 16.6. The summed E-state index contributed by atoms with van der Waals surface area (Å²) in [5.74, 6) is 0.621. The minimum Gasteiger partial charge on any atom is -0.370 e. The van der Waals surface area contributed by atoms with Gasteiger partial charge in [-0.3, -0.25) is 0 Å². The zero-order valence-corrected chi connectivity index (χ0v) is 13.3. The second kappa shape index (κ2) is 5.28. The van der Waals surface area contributed by atoms with Crippen molar-refractivity contribution in [3.63, 3.8) is 0 Å². The Morgan fingerprint density at radius 3 is 2.32 bits per heavy atom. The van der Waals surface area contributed by atoms with Crippen LogP contribution in [0.1, 0.15) is 58.2 Å². The highest BCUT2D eigenvalue weighted by Gasteiger charge is 2.38. The summed E-state index contributed by atoms with van der Waals surface area (Å²) in [7, 11) is 0. The molecule has 3 atom stereocenters. The Labute approximate surface area is 118 Å². The predicted molar refractivity (Wildman–Crippen MR) is 81.7 cm³/mol. The molecule has 1 aromatic carbocycles. The average molecular weight is 260 g/mol. The van der Waals surface area contributed by atoms with Gasteiger partial charge < -0.3 is 4.74 Å². The van der Waals surface area contributed by atoms with Crippen molar-refractivity contribution in [1.82, 2.24) is 0 Å². The van der Waals surface area contributed by atoms with Crippen LogP contribution in [0.3, 0.4) is 0 Å². The first-order valence-electron chi connectivity index (χ1n) is 7.60. The van der Waals surface area contributed by atoms with Crippen molar-refractivity contribution in [1.29, 1.82) is 0 Å². The van der Waals surface area contributed by atoms with Gasteiger partial charge in [0.05, 0.1) is 12.2 Å². The average Bonchev–Trinajstić information content (AvgIpc) is 3.05. The van der Waals surface area contributed by atoms with Crippen LogP contribution in [0.4, 0.5) is 0 Å². The summed E-state index contributed by atoms with van der Waals surface area (Å²) in [6, 6.07) is 7.03. The van der Waals surface area contributed by atoms with Crippen molar-refractivity contribution in [2.45, 2.75) is 72.0 Å². The normalized spacial score (nSPS) is 24.3. The first kappa shape index (κ1) is 14.6. The van der Waals surface area contributed by atoms with Gasteiger partial charge in [0.15, 0.2) is 0 Å². The summed E-state index contributed by atoms with van der Waals surface area (Å²) in [6.07, 6.45) is 3.20. The van der Waals surface area contributed by atoms with Crippen LogP contribution in [0.15, 0.2) is 18.2 Å². The summed E-state index contributed by atoms with van der Waals surface area (Å²) >= 11 is 0. The summed E-state index contributed by atoms with van der Waals surface area (Å²) < 4.78 is 5.62. The van der Waals surface area contributed by atoms with Crippen LogP contribution >= 0.6 is 0 Å². The first-order valence-corrected chi connectivity index (χ1v) is 7.60. The van der Waals surface area contributed by atoms with E-state index >= 15 is 0 Å². The van der Waals surface area contributed by atoms with Crippen LogP contribution in [-0.4, -0.2) is 12.2 Å². The second-order valence-electron chi connectivity index (χ2n) is 7.07. The Hall–Kier alpha value is -0.820. The smallest absolute Gasteiger partial charge is 0.0867 e. The molecule has 0 N–H and O–H groups in total. The molecule has 106 valence electrons. The lowest BCUT2D eigenvalue weighted by molar-refractivity contribution is 0.328. The summed E-state index contributed by atoms with van der Waals surface area (Å²) in [6.45, 7) is 13.6. The van der Waals surface area contributed by atoms with E-state index in [1.807, 2.05) is 0 Å². The molecule has 0 saturated carbocycles. The lowest BCUT2D eigenvalue weighted by Gasteiger charge is -2.22. The van der Waals surface area contributed by atoms with E-state index < -0.39 is 0 Å². The SMILES string of the molecule is CCc1ccc(C(C)(C)C)cc1CC(C)C1OC1C. The molecule has 1 heterocycles. The van der Waals surface area contributed by atoms with Crippen molar-refractivity contribution in [3.8, 4) is 0 Å². The van der Waals surface area contributed by atoms with E-state index in [0.29, 0.717) is 18.1 Å². The Kier molecular flexibility index (Phi) is 4.06. The van der Waals surface area contributed by atoms with Crippen LogP contribution < -0.4 is 0 Å². The third-order valence-corrected chi connectivity index (χ3v) is 4.31. The first-order chi connectivity index (χ1) is 8.82. The second-order valence-corrected chi connectivity index (χ2v) is 7.07. The Bertz CT molecular complexity index is 441.